The Kier molecular flexibility index (Phi) is 5.05. The molecule has 3 heteroatoms. The van der Waals surface area contributed by atoms with Crippen molar-refractivity contribution in [1.29, 1.82) is 0 Å². The van der Waals surface area contributed by atoms with Crippen molar-refractivity contribution in [2.45, 2.75) is 25.9 Å². The molecule has 13 heavy (non-hydrogen) atoms. The first-order chi connectivity index (χ1) is 6.33. The standard InChI is InChI=1S/C10H17NOS/c1-2-5-11-8-9(12)7-10-4-3-6-13-10/h3-4,6,9,11-12H,2,5,7-8H2,1H3. The number of nitrogens with one attached hydrogen (secondary N) is 1. The van der Waals surface area contributed by atoms with Crippen molar-refractivity contribution in [2.75, 3.05) is 13.1 Å². The van der Waals surface area contributed by atoms with Crippen molar-refractivity contribution in [2.24, 2.45) is 0 Å². The second-order valence-corrected chi connectivity index (χ2v) is 4.17. The van der Waals surface area contributed by atoms with Gasteiger partial charge in [0.2, 0.25) is 0 Å². The lowest BCUT2D eigenvalue weighted by molar-refractivity contribution is 0.173. The van der Waals surface area contributed by atoms with Gasteiger partial charge in [-0.2, -0.15) is 0 Å². The molecule has 1 rings (SSSR count). The quantitative estimate of drug-likeness (QED) is 0.683. The van der Waals surface area contributed by atoms with E-state index >= 15 is 0 Å². The molecule has 1 atom stereocenters. The van der Waals surface area contributed by atoms with E-state index in [2.05, 4.69) is 18.3 Å². The minimum absolute atomic E-state index is 0.245. The van der Waals surface area contributed by atoms with Crippen molar-refractivity contribution in [1.82, 2.24) is 5.32 Å². The SMILES string of the molecule is CCCNCC(O)Cc1cccs1. The third kappa shape index (κ3) is 4.41. The van der Waals surface area contributed by atoms with Gasteiger partial charge < -0.3 is 10.4 Å². The molecular weight excluding hydrogens is 182 g/mol. The van der Waals surface area contributed by atoms with Gasteiger partial charge >= 0.3 is 0 Å². The summed E-state index contributed by atoms with van der Waals surface area (Å²) in [5.41, 5.74) is 0. The molecule has 0 aromatic carbocycles. The number of thiophene rings is 1. The van der Waals surface area contributed by atoms with E-state index in [-0.39, 0.29) is 6.10 Å². The number of aliphatic hydroxyl groups excluding tert-OH is 1. The van der Waals surface area contributed by atoms with Crippen LogP contribution in [-0.4, -0.2) is 24.3 Å². The topological polar surface area (TPSA) is 32.3 Å². The lowest BCUT2D eigenvalue weighted by Gasteiger charge is -2.09. The maximum atomic E-state index is 9.59. The van der Waals surface area contributed by atoms with Crippen LogP contribution in [0.15, 0.2) is 17.5 Å². The molecule has 74 valence electrons. The smallest absolute Gasteiger partial charge is 0.0712 e. The van der Waals surface area contributed by atoms with Crippen LogP contribution in [0, 0.1) is 0 Å². The molecule has 0 amide bonds. The first kappa shape index (κ1) is 10.7. The molecule has 0 saturated heterocycles. The molecule has 1 unspecified atom stereocenters. The zero-order chi connectivity index (χ0) is 9.52. The molecule has 1 aromatic rings. The molecular formula is C10H17NOS. The third-order valence-electron chi connectivity index (χ3n) is 1.82. The molecule has 0 radical (unpaired) electrons. The molecule has 2 N–H and O–H groups in total. The monoisotopic (exact) mass is 199 g/mol. The van der Waals surface area contributed by atoms with E-state index in [1.807, 2.05) is 11.4 Å². The molecule has 2 nitrogen and oxygen atoms in total. The Hall–Kier alpha value is -0.380. The van der Waals surface area contributed by atoms with Gasteiger partial charge in [0.1, 0.15) is 0 Å². The minimum Gasteiger partial charge on any atom is -0.391 e. The van der Waals surface area contributed by atoms with Gasteiger partial charge in [0.25, 0.3) is 0 Å². The average Bonchev–Trinajstić information content (AvgIpc) is 2.57. The largest absolute Gasteiger partial charge is 0.391 e. The zero-order valence-corrected chi connectivity index (χ0v) is 8.81. The lowest BCUT2D eigenvalue weighted by atomic mass is 10.2. The summed E-state index contributed by atoms with van der Waals surface area (Å²) < 4.78 is 0. The highest BCUT2D eigenvalue weighted by Crippen LogP contribution is 2.10. The molecule has 0 saturated carbocycles. The van der Waals surface area contributed by atoms with Gasteiger partial charge in [0.15, 0.2) is 0 Å². The van der Waals surface area contributed by atoms with Crippen molar-refractivity contribution in [3.05, 3.63) is 22.4 Å². The van der Waals surface area contributed by atoms with Crippen LogP contribution in [0.4, 0.5) is 0 Å². The van der Waals surface area contributed by atoms with Gasteiger partial charge in [0, 0.05) is 17.8 Å². The van der Waals surface area contributed by atoms with E-state index in [9.17, 15) is 5.11 Å². The lowest BCUT2D eigenvalue weighted by Crippen LogP contribution is -2.28. The predicted molar refractivity (Wildman–Crippen MR) is 57.2 cm³/mol. The maximum Gasteiger partial charge on any atom is 0.0712 e. The molecule has 0 aliphatic heterocycles. The van der Waals surface area contributed by atoms with E-state index in [0.29, 0.717) is 6.54 Å². The van der Waals surface area contributed by atoms with Gasteiger partial charge in [-0.1, -0.05) is 13.0 Å². The van der Waals surface area contributed by atoms with Crippen LogP contribution >= 0.6 is 11.3 Å². The summed E-state index contributed by atoms with van der Waals surface area (Å²) in [5, 5.41) is 14.8. The minimum atomic E-state index is -0.245. The second kappa shape index (κ2) is 6.13. The fourth-order valence-corrected chi connectivity index (χ4v) is 1.96. The molecule has 0 spiro atoms. The van der Waals surface area contributed by atoms with E-state index < -0.39 is 0 Å². The fourth-order valence-electron chi connectivity index (χ4n) is 1.18. The second-order valence-electron chi connectivity index (χ2n) is 3.14. The first-order valence-corrected chi connectivity index (χ1v) is 5.62. The summed E-state index contributed by atoms with van der Waals surface area (Å²) in [6, 6.07) is 4.08. The number of rotatable bonds is 6. The summed E-state index contributed by atoms with van der Waals surface area (Å²) in [5.74, 6) is 0. The third-order valence-corrected chi connectivity index (χ3v) is 2.72. The highest BCUT2D eigenvalue weighted by atomic mass is 32.1. The Labute approximate surface area is 83.6 Å². The first-order valence-electron chi connectivity index (χ1n) is 4.74. The Bertz CT molecular complexity index is 211. The van der Waals surface area contributed by atoms with Gasteiger partial charge in [0.05, 0.1) is 6.10 Å². The molecule has 0 aliphatic rings. The molecule has 1 heterocycles. The van der Waals surface area contributed by atoms with Crippen molar-refractivity contribution in [3.63, 3.8) is 0 Å². The van der Waals surface area contributed by atoms with Crippen LogP contribution in [0.1, 0.15) is 18.2 Å². The normalized spacial score (nSPS) is 13.1. The summed E-state index contributed by atoms with van der Waals surface area (Å²) in [6.07, 6.45) is 1.64. The molecule has 0 bridgehead atoms. The Morgan fingerprint density at radius 2 is 2.46 bits per heavy atom. The summed E-state index contributed by atoms with van der Waals surface area (Å²) in [7, 11) is 0. The number of hydrogen-bond donors (Lipinski definition) is 2. The van der Waals surface area contributed by atoms with E-state index in [1.54, 1.807) is 11.3 Å². The highest BCUT2D eigenvalue weighted by molar-refractivity contribution is 7.09. The van der Waals surface area contributed by atoms with Crippen LogP contribution in [-0.2, 0) is 6.42 Å². The summed E-state index contributed by atoms with van der Waals surface area (Å²) in [4.78, 5) is 1.26. The molecule has 1 aromatic heterocycles. The predicted octanol–water partition coefficient (Wildman–Crippen LogP) is 1.65. The fraction of sp³-hybridized carbons (Fsp3) is 0.600. The van der Waals surface area contributed by atoms with Gasteiger partial charge in [-0.3, -0.25) is 0 Å². The van der Waals surface area contributed by atoms with E-state index in [4.69, 9.17) is 0 Å². The maximum absolute atomic E-state index is 9.59. The van der Waals surface area contributed by atoms with Crippen LogP contribution in [0.5, 0.6) is 0 Å². The van der Waals surface area contributed by atoms with E-state index in [0.717, 1.165) is 19.4 Å². The highest BCUT2D eigenvalue weighted by Gasteiger charge is 2.04. The van der Waals surface area contributed by atoms with Crippen LogP contribution < -0.4 is 5.32 Å². The Morgan fingerprint density at radius 1 is 1.62 bits per heavy atom. The number of hydrogen-bond acceptors (Lipinski definition) is 3. The van der Waals surface area contributed by atoms with Crippen molar-refractivity contribution >= 4 is 11.3 Å². The average molecular weight is 199 g/mol. The zero-order valence-electron chi connectivity index (χ0n) is 7.99. The molecule has 0 aliphatic carbocycles. The van der Waals surface area contributed by atoms with Gasteiger partial charge in [-0.25, -0.2) is 0 Å². The van der Waals surface area contributed by atoms with Crippen LogP contribution in [0.3, 0.4) is 0 Å². The van der Waals surface area contributed by atoms with Gasteiger partial charge in [-0.15, -0.1) is 11.3 Å². The van der Waals surface area contributed by atoms with E-state index in [1.165, 1.54) is 4.88 Å². The van der Waals surface area contributed by atoms with Crippen LogP contribution in [0.2, 0.25) is 0 Å². The Balaban J connectivity index is 2.14. The van der Waals surface area contributed by atoms with Crippen LogP contribution in [0.25, 0.3) is 0 Å². The molecule has 0 fully saturated rings. The van der Waals surface area contributed by atoms with Crippen molar-refractivity contribution < 1.29 is 5.11 Å². The Morgan fingerprint density at radius 3 is 3.08 bits per heavy atom. The number of aliphatic hydroxyl groups is 1. The summed E-state index contributed by atoms with van der Waals surface area (Å²) in [6.45, 7) is 3.81. The van der Waals surface area contributed by atoms with Gasteiger partial charge in [-0.05, 0) is 24.4 Å². The summed E-state index contributed by atoms with van der Waals surface area (Å²) >= 11 is 1.70. The van der Waals surface area contributed by atoms with Crippen molar-refractivity contribution in [3.8, 4) is 0 Å².